The molecule has 4 rings (SSSR count). The van der Waals surface area contributed by atoms with Crippen molar-refractivity contribution < 1.29 is 19.4 Å². The van der Waals surface area contributed by atoms with Crippen LogP contribution in [0.4, 0.5) is 0 Å². The van der Waals surface area contributed by atoms with Crippen LogP contribution in [0.5, 0.6) is 5.75 Å². The van der Waals surface area contributed by atoms with Crippen LogP contribution in [-0.2, 0) is 9.53 Å². The highest BCUT2D eigenvalue weighted by Crippen LogP contribution is 2.48. The fourth-order valence-corrected chi connectivity index (χ4v) is 6.15. The van der Waals surface area contributed by atoms with Gasteiger partial charge >= 0.3 is 5.97 Å². The predicted molar refractivity (Wildman–Crippen MR) is 159 cm³/mol. The van der Waals surface area contributed by atoms with Crippen molar-refractivity contribution in [3.63, 3.8) is 0 Å². The molecule has 1 spiro atoms. The van der Waals surface area contributed by atoms with Crippen LogP contribution in [0.2, 0.25) is 0 Å². The molecule has 0 bridgehead atoms. The molecule has 216 valence electrons. The Morgan fingerprint density at radius 2 is 1.73 bits per heavy atom. The zero-order valence-electron chi connectivity index (χ0n) is 25.2. The van der Waals surface area contributed by atoms with Gasteiger partial charge in [0.25, 0.3) is 5.91 Å². The maximum absolute atomic E-state index is 14.4. The molecule has 6 heteroatoms. The molecule has 1 amide bonds. The lowest BCUT2D eigenvalue weighted by atomic mass is 9.75. The van der Waals surface area contributed by atoms with Crippen LogP contribution in [0.3, 0.4) is 0 Å². The lowest BCUT2D eigenvalue weighted by Crippen LogP contribution is -2.51. The highest BCUT2D eigenvalue weighted by atomic mass is 16.5. The predicted octanol–water partition coefficient (Wildman–Crippen LogP) is 7.70. The number of phenolic OH excluding ortho intramolecular Hbond substituents is 1. The van der Waals surface area contributed by atoms with Gasteiger partial charge in [-0.15, -0.1) is 0 Å². The Morgan fingerprint density at radius 3 is 2.27 bits per heavy atom. The van der Waals surface area contributed by atoms with Crippen molar-refractivity contribution in [1.29, 1.82) is 0 Å². The monoisotopic (exact) mass is 546 g/mol. The Kier molecular flexibility index (Phi) is 8.77. The molecule has 2 aromatic carbocycles. The number of carbonyl (C=O) groups is 2. The molecule has 1 aliphatic carbocycles. The molecule has 0 radical (unpaired) electrons. The van der Waals surface area contributed by atoms with Crippen molar-refractivity contribution in [3.05, 3.63) is 65.2 Å². The summed E-state index contributed by atoms with van der Waals surface area (Å²) in [4.78, 5) is 34.2. The maximum atomic E-state index is 14.4. The maximum Gasteiger partial charge on any atom is 0.338 e. The SMILES string of the molecule is CC(C)OC(=O)c1ccc([C@@H](CCC(C)(C)C)N2C(=O)C(c3cccc(O)c3)=NC23CCC(C(C)C)CC3)cc1. The topological polar surface area (TPSA) is 79.2 Å². The number of nitrogens with zero attached hydrogens (tertiary/aromatic N) is 2. The van der Waals surface area contributed by atoms with Gasteiger partial charge in [-0.2, -0.15) is 0 Å². The molecule has 1 aliphatic heterocycles. The third kappa shape index (κ3) is 6.59. The second-order valence-electron chi connectivity index (χ2n) is 13.4. The summed E-state index contributed by atoms with van der Waals surface area (Å²) in [6, 6.07) is 14.2. The smallest absolute Gasteiger partial charge is 0.338 e. The summed E-state index contributed by atoms with van der Waals surface area (Å²) in [5, 5.41) is 10.2. The number of aliphatic imine (C=N–C) groups is 1. The van der Waals surface area contributed by atoms with Gasteiger partial charge in [0.15, 0.2) is 0 Å². The van der Waals surface area contributed by atoms with Gasteiger partial charge in [-0.25, -0.2) is 4.79 Å². The average molecular weight is 547 g/mol. The molecular weight excluding hydrogens is 500 g/mol. The average Bonchev–Trinajstić information content (AvgIpc) is 3.15. The first-order valence-electron chi connectivity index (χ1n) is 14.8. The van der Waals surface area contributed by atoms with Gasteiger partial charge in [0.05, 0.1) is 17.7 Å². The Balaban J connectivity index is 1.76. The van der Waals surface area contributed by atoms with E-state index in [1.54, 1.807) is 18.2 Å². The van der Waals surface area contributed by atoms with Gasteiger partial charge < -0.3 is 14.7 Å². The Morgan fingerprint density at radius 1 is 1.07 bits per heavy atom. The highest BCUT2D eigenvalue weighted by molar-refractivity contribution is 6.46. The molecule has 1 N–H and O–H groups in total. The third-order valence-corrected chi connectivity index (χ3v) is 8.44. The van der Waals surface area contributed by atoms with Crippen LogP contribution in [0, 0.1) is 17.3 Å². The molecule has 2 aliphatic rings. The molecule has 0 saturated heterocycles. The second kappa shape index (κ2) is 11.8. The number of esters is 1. The Bertz CT molecular complexity index is 1230. The van der Waals surface area contributed by atoms with Crippen LogP contribution < -0.4 is 0 Å². The number of amides is 1. The third-order valence-electron chi connectivity index (χ3n) is 8.44. The molecule has 1 saturated carbocycles. The number of phenols is 1. The molecule has 2 aromatic rings. The number of benzene rings is 2. The van der Waals surface area contributed by atoms with E-state index in [1.807, 2.05) is 44.2 Å². The molecule has 6 nitrogen and oxygen atoms in total. The number of rotatable bonds is 8. The van der Waals surface area contributed by atoms with Crippen LogP contribution >= 0.6 is 0 Å². The number of hydrogen-bond donors (Lipinski definition) is 1. The van der Waals surface area contributed by atoms with Crippen LogP contribution in [0.1, 0.15) is 115 Å². The zero-order chi connectivity index (χ0) is 29.2. The van der Waals surface area contributed by atoms with Crippen molar-refractivity contribution in [3.8, 4) is 5.75 Å². The lowest BCUT2D eigenvalue weighted by Gasteiger charge is -2.46. The molecule has 0 unspecified atom stereocenters. The minimum atomic E-state index is -0.624. The first-order valence-corrected chi connectivity index (χ1v) is 14.8. The lowest BCUT2D eigenvalue weighted by molar-refractivity contribution is -0.133. The van der Waals surface area contributed by atoms with E-state index in [-0.39, 0.29) is 35.2 Å². The number of carbonyl (C=O) groups excluding carboxylic acids is 2. The number of hydrogen-bond acceptors (Lipinski definition) is 5. The summed E-state index contributed by atoms with van der Waals surface area (Å²) in [6.45, 7) is 14.9. The van der Waals surface area contributed by atoms with E-state index in [0.29, 0.717) is 28.7 Å². The van der Waals surface area contributed by atoms with E-state index in [1.165, 1.54) is 0 Å². The molecule has 1 heterocycles. The first-order chi connectivity index (χ1) is 18.8. The summed E-state index contributed by atoms with van der Waals surface area (Å²) in [5.74, 6) is 0.894. The summed E-state index contributed by atoms with van der Waals surface area (Å²) >= 11 is 0. The minimum Gasteiger partial charge on any atom is -0.508 e. The number of aromatic hydroxyl groups is 1. The van der Waals surface area contributed by atoms with E-state index >= 15 is 0 Å². The Hall–Kier alpha value is -3.15. The van der Waals surface area contributed by atoms with Crippen molar-refractivity contribution in [2.45, 2.75) is 105 Å². The second-order valence-corrected chi connectivity index (χ2v) is 13.4. The van der Waals surface area contributed by atoms with E-state index in [9.17, 15) is 14.7 Å². The summed E-state index contributed by atoms with van der Waals surface area (Å²) in [6.07, 6.45) is 5.18. The highest BCUT2D eigenvalue weighted by Gasteiger charge is 2.52. The quantitative estimate of drug-likeness (QED) is 0.344. The zero-order valence-corrected chi connectivity index (χ0v) is 25.2. The van der Waals surface area contributed by atoms with Crippen molar-refractivity contribution in [2.24, 2.45) is 22.2 Å². The van der Waals surface area contributed by atoms with E-state index in [0.717, 1.165) is 44.1 Å². The first kappa shape index (κ1) is 29.8. The molecule has 0 aromatic heterocycles. The fraction of sp³-hybridized carbons (Fsp3) is 0.559. The van der Waals surface area contributed by atoms with Crippen LogP contribution in [0.25, 0.3) is 0 Å². The molecule has 1 atom stereocenters. The fourth-order valence-electron chi connectivity index (χ4n) is 6.15. The number of ether oxygens (including phenoxy) is 1. The van der Waals surface area contributed by atoms with Crippen LogP contribution in [-0.4, -0.2) is 39.4 Å². The van der Waals surface area contributed by atoms with Gasteiger partial charge in [-0.1, -0.05) is 58.9 Å². The largest absolute Gasteiger partial charge is 0.508 e. The van der Waals surface area contributed by atoms with E-state index in [4.69, 9.17) is 9.73 Å². The van der Waals surface area contributed by atoms with Gasteiger partial charge in [0, 0.05) is 5.56 Å². The van der Waals surface area contributed by atoms with Gasteiger partial charge in [-0.3, -0.25) is 9.79 Å². The van der Waals surface area contributed by atoms with Crippen molar-refractivity contribution in [1.82, 2.24) is 4.90 Å². The summed E-state index contributed by atoms with van der Waals surface area (Å²) < 4.78 is 5.40. The summed E-state index contributed by atoms with van der Waals surface area (Å²) in [5.41, 5.74) is 2.04. The van der Waals surface area contributed by atoms with Crippen LogP contribution in [0.15, 0.2) is 53.5 Å². The van der Waals surface area contributed by atoms with Gasteiger partial charge in [0.1, 0.15) is 17.1 Å². The van der Waals surface area contributed by atoms with E-state index in [2.05, 4.69) is 39.5 Å². The standard InChI is InChI=1S/C34H46N2O4/c1-22(2)24-15-19-34(20-16-24)35-30(27-9-8-10-28(37)21-27)31(38)36(34)29(17-18-33(5,6)7)25-11-13-26(14-12-25)32(39)40-23(3)4/h8-14,21-24,29,37H,15-20H2,1-7H3/t24?,29-,34?/m1/s1. The van der Waals surface area contributed by atoms with Crippen molar-refractivity contribution in [2.75, 3.05) is 0 Å². The van der Waals surface area contributed by atoms with Gasteiger partial charge in [-0.05, 0) is 99.5 Å². The molecule has 40 heavy (non-hydrogen) atoms. The van der Waals surface area contributed by atoms with E-state index < -0.39 is 5.66 Å². The molecule has 1 fully saturated rings. The normalized spacial score (nSPS) is 22.2. The summed E-state index contributed by atoms with van der Waals surface area (Å²) in [7, 11) is 0. The molecular formula is C34H46N2O4. The Labute approximate surface area is 239 Å². The minimum absolute atomic E-state index is 0.0827. The van der Waals surface area contributed by atoms with Gasteiger partial charge in [0.2, 0.25) is 0 Å². The van der Waals surface area contributed by atoms with Crippen molar-refractivity contribution >= 4 is 17.6 Å².